The molecule has 2 aromatic heterocycles. The maximum Gasteiger partial charge on any atom is 0.233 e. The van der Waals surface area contributed by atoms with Crippen LogP contribution in [0.4, 0.5) is 0 Å². The Morgan fingerprint density at radius 2 is 2.35 bits per heavy atom. The fourth-order valence-corrected chi connectivity index (χ4v) is 2.44. The molecule has 2 aromatic rings. The van der Waals surface area contributed by atoms with Crippen LogP contribution in [-0.4, -0.2) is 40.9 Å². The third kappa shape index (κ3) is 2.86. The zero-order chi connectivity index (χ0) is 13.8. The van der Waals surface area contributed by atoms with Crippen LogP contribution in [0.5, 0.6) is 0 Å². The molecule has 6 nitrogen and oxygen atoms in total. The van der Waals surface area contributed by atoms with Gasteiger partial charge in [-0.2, -0.15) is 4.98 Å². The highest BCUT2D eigenvalue weighted by Crippen LogP contribution is 2.24. The molecule has 0 radical (unpaired) electrons. The van der Waals surface area contributed by atoms with Crippen LogP contribution >= 0.6 is 0 Å². The predicted octanol–water partition coefficient (Wildman–Crippen LogP) is 1.15. The van der Waals surface area contributed by atoms with Crippen LogP contribution in [0.25, 0.3) is 0 Å². The molecule has 3 rings (SSSR count). The van der Waals surface area contributed by atoms with E-state index in [2.05, 4.69) is 27.4 Å². The first-order valence-corrected chi connectivity index (χ1v) is 6.89. The standard InChI is InChI=1S/C14H18N4O2/c1-2-16-12-9-19-8-11(12)14-17-13(18-20-14)6-10-4-3-5-15-7-10/h3-5,7,11-12,16H,2,6,8-9H2,1H3. The predicted molar refractivity (Wildman–Crippen MR) is 72.4 cm³/mol. The molecule has 0 aromatic carbocycles. The number of hydrogen-bond acceptors (Lipinski definition) is 6. The summed E-state index contributed by atoms with van der Waals surface area (Å²) in [5, 5.41) is 7.44. The molecule has 3 heterocycles. The number of hydrogen-bond donors (Lipinski definition) is 1. The third-order valence-corrected chi connectivity index (χ3v) is 3.43. The first kappa shape index (κ1) is 13.2. The van der Waals surface area contributed by atoms with E-state index in [0.717, 1.165) is 12.1 Å². The zero-order valence-corrected chi connectivity index (χ0v) is 11.5. The monoisotopic (exact) mass is 274 g/mol. The second-order valence-corrected chi connectivity index (χ2v) is 4.90. The quantitative estimate of drug-likeness (QED) is 0.881. The molecule has 0 bridgehead atoms. The smallest absolute Gasteiger partial charge is 0.233 e. The summed E-state index contributed by atoms with van der Waals surface area (Å²) in [6, 6.07) is 4.16. The number of aromatic nitrogens is 3. The van der Waals surface area contributed by atoms with E-state index in [0.29, 0.717) is 31.3 Å². The Bertz CT molecular complexity index is 543. The van der Waals surface area contributed by atoms with E-state index in [4.69, 9.17) is 9.26 Å². The molecule has 2 unspecified atom stereocenters. The Hall–Kier alpha value is -1.79. The van der Waals surface area contributed by atoms with Crippen molar-refractivity contribution in [2.24, 2.45) is 0 Å². The van der Waals surface area contributed by atoms with E-state index in [1.54, 1.807) is 6.20 Å². The van der Waals surface area contributed by atoms with E-state index in [1.165, 1.54) is 0 Å². The molecule has 2 atom stereocenters. The molecule has 1 saturated heterocycles. The van der Waals surface area contributed by atoms with Gasteiger partial charge in [-0.3, -0.25) is 4.98 Å². The van der Waals surface area contributed by atoms with Crippen molar-refractivity contribution in [1.29, 1.82) is 0 Å². The lowest BCUT2D eigenvalue weighted by Crippen LogP contribution is -2.34. The Morgan fingerprint density at radius 3 is 3.15 bits per heavy atom. The first-order chi connectivity index (χ1) is 9.86. The Kier molecular flexibility index (Phi) is 4.03. The lowest BCUT2D eigenvalue weighted by Gasteiger charge is -2.13. The number of ether oxygens (including phenoxy) is 1. The van der Waals surface area contributed by atoms with Gasteiger partial charge in [0, 0.05) is 24.9 Å². The maximum atomic E-state index is 5.50. The Labute approximate surface area is 117 Å². The highest BCUT2D eigenvalue weighted by molar-refractivity contribution is 5.14. The van der Waals surface area contributed by atoms with Crippen LogP contribution in [0.3, 0.4) is 0 Å². The van der Waals surface area contributed by atoms with Crippen molar-refractivity contribution in [3.05, 3.63) is 41.8 Å². The van der Waals surface area contributed by atoms with Crippen LogP contribution in [0.1, 0.15) is 30.1 Å². The molecule has 0 aliphatic carbocycles. The number of nitrogens with one attached hydrogen (secondary N) is 1. The summed E-state index contributed by atoms with van der Waals surface area (Å²) in [5.74, 6) is 1.49. The highest BCUT2D eigenvalue weighted by Gasteiger charge is 2.33. The SMILES string of the molecule is CCNC1COCC1c1nc(Cc2cccnc2)no1. The second-order valence-electron chi connectivity index (χ2n) is 4.90. The lowest BCUT2D eigenvalue weighted by molar-refractivity contribution is 0.185. The molecule has 0 amide bonds. The van der Waals surface area contributed by atoms with Crippen LogP contribution in [0.15, 0.2) is 29.0 Å². The summed E-state index contributed by atoms with van der Waals surface area (Å²) in [4.78, 5) is 8.58. The molecular formula is C14H18N4O2. The average Bonchev–Trinajstić information content (AvgIpc) is 3.09. The fourth-order valence-electron chi connectivity index (χ4n) is 2.44. The molecular weight excluding hydrogens is 256 g/mol. The maximum absolute atomic E-state index is 5.50. The molecule has 6 heteroatoms. The molecule has 1 aliphatic rings. The van der Waals surface area contributed by atoms with Gasteiger partial charge in [-0.05, 0) is 18.2 Å². The zero-order valence-electron chi connectivity index (χ0n) is 11.5. The van der Waals surface area contributed by atoms with Gasteiger partial charge in [0.25, 0.3) is 0 Å². The van der Waals surface area contributed by atoms with Crippen molar-refractivity contribution in [2.45, 2.75) is 25.3 Å². The van der Waals surface area contributed by atoms with Crippen LogP contribution in [0.2, 0.25) is 0 Å². The van der Waals surface area contributed by atoms with E-state index >= 15 is 0 Å². The molecule has 1 aliphatic heterocycles. The minimum absolute atomic E-state index is 0.144. The first-order valence-electron chi connectivity index (χ1n) is 6.89. The van der Waals surface area contributed by atoms with Crippen molar-refractivity contribution in [2.75, 3.05) is 19.8 Å². The molecule has 0 spiro atoms. The van der Waals surface area contributed by atoms with Gasteiger partial charge in [0.05, 0.1) is 19.1 Å². The van der Waals surface area contributed by atoms with Crippen molar-refractivity contribution in [3.63, 3.8) is 0 Å². The third-order valence-electron chi connectivity index (χ3n) is 3.43. The Morgan fingerprint density at radius 1 is 1.40 bits per heavy atom. The molecule has 0 saturated carbocycles. The summed E-state index contributed by atoms with van der Waals surface area (Å²) in [5.41, 5.74) is 1.07. The number of pyridine rings is 1. The summed E-state index contributed by atoms with van der Waals surface area (Å²) in [6.45, 7) is 4.31. The van der Waals surface area contributed by atoms with E-state index in [9.17, 15) is 0 Å². The summed E-state index contributed by atoms with van der Waals surface area (Å²) >= 11 is 0. The topological polar surface area (TPSA) is 73.1 Å². The normalized spacial score (nSPS) is 22.2. The molecule has 1 fully saturated rings. The number of likely N-dealkylation sites (N-methyl/N-ethyl adjacent to an activating group) is 1. The van der Waals surface area contributed by atoms with Crippen molar-refractivity contribution >= 4 is 0 Å². The molecule has 20 heavy (non-hydrogen) atoms. The number of nitrogens with zero attached hydrogens (tertiary/aromatic N) is 3. The minimum Gasteiger partial charge on any atom is -0.379 e. The van der Waals surface area contributed by atoms with Gasteiger partial charge in [0.2, 0.25) is 5.89 Å². The van der Waals surface area contributed by atoms with Gasteiger partial charge < -0.3 is 14.6 Å². The summed E-state index contributed by atoms with van der Waals surface area (Å²) in [7, 11) is 0. The van der Waals surface area contributed by atoms with Crippen LogP contribution in [0, 0.1) is 0 Å². The lowest BCUT2D eigenvalue weighted by atomic mass is 10.0. The van der Waals surface area contributed by atoms with Gasteiger partial charge in [-0.25, -0.2) is 0 Å². The van der Waals surface area contributed by atoms with Crippen molar-refractivity contribution in [3.8, 4) is 0 Å². The van der Waals surface area contributed by atoms with Crippen LogP contribution < -0.4 is 5.32 Å². The minimum atomic E-state index is 0.144. The van der Waals surface area contributed by atoms with Gasteiger partial charge >= 0.3 is 0 Å². The van der Waals surface area contributed by atoms with E-state index < -0.39 is 0 Å². The molecule has 1 N–H and O–H groups in total. The molecule has 106 valence electrons. The van der Waals surface area contributed by atoms with Gasteiger partial charge in [-0.1, -0.05) is 18.1 Å². The van der Waals surface area contributed by atoms with Gasteiger partial charge in [0.15, 0.2) is 5.82 Å². The largest absolute Gasteiger partial charge is 0.379 e. The number of rotatable bonds is 5. The fraction of sp³-hybridized carbons (Fsp3) is 0.500. The van der Waals surface area contributed by atoms with Gasteiger partial charge in [-0.15, -0.1) is 0 Å². The van der Waals surface area contributed by atoms with Crippen LogP contribution in [-0.2, 0) is 11.2 Å². The highest BCUT2D eigenvalue weighted by atomic mass is 16.5. The Balaban J connectivity index is 1.70. The summed E-state index contributed by atoms with van der Waals surface area (Å²) < 4.78 is 10.9. The van der Waals surface area contributed by atoms with E-state index in [-0.39, 0.29) is 12.0 Å². The average molecular weight is 274 g/mol. The van der Waals surface area contributed by atoms with Crippen molar-refractivity contribution in [1.82, 2.24) is 20.4 Å². The van der Waals surface area contributed by atoms with E-state index in [1.807, 2.05) is 18.3 Å². The van der Waals surface area contributed by atoms with Crippen molar-refractivity contribution < 1.29 is 9.26 Å². The van der Waals surface area contributed by atoms with Gasteiger partial charge in [0.1, 0.15) is 0 Å². The second kappa shape index (κ2) is 6.11. The summed E-state index contributed by atoms with van der Waals surface area (Å²) in [6.07, 6.45) is 4.20.